The van der Waals surface area contributed by atoms with Crippen molar-refractivity contribution < 1.29 is 4.39 Å². The molecule has 0 aliphatic heterocycles. The van der Waals surface area contributed by atoms with Crippen LogP contribution >= 0.6 is 0 Å². The highest BCUT2D eigenvalue weighted by Crippen LogP contribution is 2.17. The van der Waals surface area contributed by atoms with Crippen molar-refractivity contribution in [2.24, 2.45) is 12.9 Å². The fourth-order valence-corrected chi connectivity index (χ4v) is 1.85. The van der Waals surface area contributed by atoms with Crippen LogP contribution in [0.3, 0.4) is 0 Å². The smallest absolute Gasteiger partial charge is 0.123 e. The highest BCUT2D eigenvalue weighted by atomic mass is 19.1. The first-order valence-corrected chi connectivity index (χ1v) is 5.37. The molecule has 1 unspecified atom stereocenters. The Kier molecular flexibility index (Phi) is 3.51. The van der Waals surface area contributed by atoms with Gasteiger partial charge in [0, 0.05) is 13.2 Å². The van der Waals surface area contributed by atoms with Crippen LogP contribution in [0, 0.1) is 5.82 Å². The lowest BCUT2D eigenvalue weighted by Crippen LogP contribution is -2.30. The molecule has 0 saturated heterocycles. The molecule has 3 N–H and O–H groups in total. The van der Waals surface area contributed by atoms with Gasteiger partial charge in [0.15, 0.2) is 0 Å². The van der Waals surface area contributed by atoms with Crippen molar-refractivity contribution in [1.29, 1.82) is 0 Å². The zero-order valence-corrected chi connectivity index (χ0v) is 9.60. The fourth-order valence-electron chi connectivity index (χ4n) is 1.85. The molecule has 1 heterocycles. The van der Waals surface area contributed by atoms with Gasteiger partial charge in [-0.2, -0.15) is 0 Å². The molecule has 2 aromatic rings. The number of imidazole rings is 1. The standard InChI is InChI=1S/C12H15FN4/c1-17-8-15-7-12(17)11(16-14)6-9-3-2-4-10(13)5-9/h2-5,7-8,11,16H,6,14H2,1H3. The van der Waals surface area contributed by atoms with Crippen LogP contribution in [0.5, 0.6) is 0 Å². The maximum Gasteiger partial charge on any atom is 0.123 e. The van der Waals surface area contributed by atoms with Gasteiger partial charge in [0.2, 0.25) is 0 Å². The maximum absolute atomic E-state index is 13.1. The van der Waals surface area contributed by atoms with Gasteiger partial charge in [-0.25, -0.2) is 9.37 Å². The fraction of sp³-hybridized carbons (Fsp3) is 0.250. The molecular formula is C12H15FN4. The van der Waals surface area contributed by atoms with Gasteiger partial charge in [-0.1, -0.05) is 12.1 Å². The average molecular weight is 234 g/mol. The normalized spacial score (nSPS) is 12.6. The SMILES string of the molecule is Cn1cncc1C(Cc1cccc(F)c1)NN. The Morgan fingerprint density at radius 2 is 2.35 bits per heavy atom. The molecule has 5 heteroatoms. The largest absolute Gasteiger partial charge is 0.336 e. The Balaban J connectivity index is 2.19. The first-order valence-electron chi connectivity index (χ1n) is 5.37. The number of nitrogens with one attached hydrogen (secondary N) is 1. The number of hydrazine groups is 1. The van der Waals surface area contributed by atoms with Crippen molar-refractivity contribution in [2.45, 2.75) is 12.5 Å². The van der Waals surface area contributed by atoms with Crippen molar-refractivity contribution in [1.82, 2.24) is 15.0 Å². The van der Waals surface area contributed by atoms with Crippen LogP contribution in [0.2, 0.25) is 0 Å². The van der Waals surface area contributed by atoms with Gasteiger partial charge in [0.05, 0.1) is 18.1 Å². The monoisotopic (exact) mass is 234 g/mol. The third-order valence-corrected chi connectivity index (χ3v) is 2.74. The second-order valence-corrected chi connectivity index (χ2v) is 3.98. The predicted octanol–water partition coefficient (Wildman–Crippen LogP) is 1.31. The summed E-state index contributed by atoms with van der Waals surface area (Å²) in [6.45, 7) is 0. The summed E-state index contributed by atoms with van der Waals surface area (Å²) in [5.41, 5.74) is 4.60. The lowest BCUT2D eigenvalue weighted by Gasteiger charge is -2.16. The van der Waals surface area contributed by atoms with Gasteiger partial charge in [-0.15, -0.1) is 0 Å². The van der Waals surface area contributed by atoms with Crippen molar-refractivity contribution in [2.75, 3.05) is 0 Å². The topological polar surface area (TPSA) is 55.9 Å². The van der Waals surface area contributed by atoms with Crippen LogP contribution in [0.4, 0.5) is 4.39 Å². The molecular weight excluding hydrogens is 219 g/mol. The van der Waals surface area contributed by atoms with Crippen molar-refractivity contribution in [3.8, 4) is 0 Å². The molecule has 0 amide bonds. The molecule has 1 aromatic heterocycles. The van der Waals surface area contributed by atoms with Crippen LogP contribution in [-0.4, -0.2) is 9.55 Å². The molecule has 1 atom stereocenters. The molecule has 0 radical (unpaired) electrons. The van der Waals surface area contributed by atoms with E-state index < -0.39 is 0 Å². The van der Waals surface area contributed by atoms with Gasteiger partial charge >= 0.3 is 0 Å². The molecule has 1 aromatic carbocycles. The zero-order chi connectivity index (χ0) is 12.3. The van der Waals surface area contributed by atoms with Crippen molar-refractivity contribution in [3.05, 3.63) is 53.9 Å². The van der Waals surface area contributed by atoms with Crippen LogP contribution in [0.25, 0.3) is 0 Å². The number of nitrogens with two attached hydrogens (primary N) is 1. The third kappa shape index (κ3) is 2.69. The molecule has 90 valence electrons. The number of aromatic nitrogens is 2. The van der Waals surface area contributed by atoms with E-state index in [-0.39, 0.29) is 11.9 Å². The minimum absolute atomic E-state index is 0.0794. The molecule has 0 saturated carbocycles. The minimum atomic E-state index is -0.233. The summed E-state index contributed by atoms with van der Waals surface area (Å²) in [4.78, 5) is 4.04. The molecule has 2 rings (SSSR count). The molecule has 0 bridgehead atoms. The quantitative estimate of drug-likeness (QED) is 0.619. The van der Waals surface area contributed by atoms with Gasteiger partial charge in [-0.3, -0.25) is 11.3 Å². The average Bonchev–Trinajstić information content (AvgIpc) is 2.72. The van der Waals surface area contributed by atoms with E-state index >= 15 is 0 Å². The second-order valence-electron chi connectivity index (χ2n) is 3.98. The van der Waals surface area contributed by atoms with E-state index in [2.05, 4.69) is 10.4 Å². The Hall–Kier alpha value is -1.72. The van der Waals surface area contributed by atoms with Crippen LogP contribution in [0.1, 0.15) is 17.3 Å². The number of benzene rings is 1. The Bertz CT molecular complexity index is 495. The first-order chi connectivity index (χ1) is 8.20. The van der Waals surface area contributed by atoms with E-state index in [9.17, 15) is 4.39 Å². The van der Waals surface area contributed by atoms with Crippen LogP contribution < -0.4 is 11.3 Å². The molecule has 0 aliphatic carbocycles. The lowest BCUT2D eigenvalue weighted by atomic mass is 10.0. The summed E-state index contributed by atoms with van der Waals surface area (Å²) in [6.07, 6.45) is 4.09. The second kappa shape index (κ2) is 5.07. The highest BCUT2D eigenvalue weighted by molar-refractivity contribution is 5.19. The molecule has 0 spiro atoms. The van der Waals surface area contributed by atoms with E-state index in [4.69, 9.17) is 5.84 Å². The van der Waals surface area contributed by atoms with E-state index in [1.165, 1.54) is 12.1 Å². The zero-order valence-electron chi connectivity index (χ0n) is 9.60. The summed E-state index contributed by atoms with van der Waals surface area (Å²) in [5, 5.41) is 0. The Morgan fingerprint density at radius 3 is 2.94 bits per heavy atom. The number of rotatable bonds is 4. The van der Waals surface area contributed by atoms with E-state index in [1.54, 1.807) is 18.6 Å². The summed E-state index contributed by atoms with van der Waals surface area (Å²) < 4.78 is 15.0. The number of nitrogens with zero attached hydrogens (tertiary/aromatic N) is 2. The van der Waals surface area contributed by atoms with Crippen molar-refractivity contribution in [3.63, 3.8) is 0 Å². The van der Waals surface area contributed by atoms with Crippen molar-refractivity contribution >= 4 is 0 Å². The predicted molar refractivity (Wildman–Crippen MR) is 63.4 cm³/mol. The lowest BCUT2D eigenvalue weighted by molar-refractivity contribution is 0.520. The number of aryl methyl sites for hydroxylation is 1. The number of halogens is 1. The van der Waals surface area contributed by atoms with E-state index in [0.29, 0.717) is 6.42 Å². The minimum Gasteiger partial charge on any atom is -0.336 e. The van der Waals surface area contributed by atoms with Gasteiger partial charge in [0.1, 0.15) is 5.82 Å². The molecule has 0 fully saturated rings. The summed E-state index contributed by atoms with van der Waals surface area (Å²) in [5.74, 6) is 5.30. The van der Waals surface area contributed by atoms with Gasteiger partial charge < -0.3 is 4.57 Å². The number of hydrogen-bond acceptors (Lipinski definition) is 3. The molecule has 17 heavy (non-hydrogen) atoms. The van der Waals surface area contributed by atoms with Gasteiger partial charge in [0.25, 0.3) is 0 Å². The summed E-state index contributed by atoms with van der Waals surface area (Å²) in [6, 6.07) is 6.44. The van der Waals surface area contributed by atoms with E-state index in [0.717, 1.165) is 11.3 Å². The third-order valence-electron chi connectivity index (χ3n) is 2.74. The van der Waals surface area contributed by atoms with Gasteiger partial charge in [-0.05, 0) is 24.1 Å². The molecule has 0 aliphatic rings. The number of hydrogen-bond donors (Lipinski definition) is 2. The molecule has 4 nitrogen and oxygen atoms in total. The summed E-state index contributed by atoms with van der Waals surface area (Å²) >= 11 is 0. The maximum atomic E-state index is 13.1. The van der Waals surface area contributed by atoms with E-state index in [1.807, 2.05) is 17.7 Å². The van der Waals surface area contributed by atoms with Crippen LogP contribution in [-0.2, 0) is 13.5 Å². The van der Waals surface area contributed by atoms with Crippen LogP contribution in [0.15, 0.2) is 36.8 Å². The first kappa shape index (κ1) is 11.8. The Labute approximate surface area is 99.2 Å². The Morgan fingerprint density at radius 1 is 1.53 bits per heavy atom. The highest BCUT2D eigenvalue weighted by Gasteiger charge is 2.14. The summed E-state index contributed by atoms with van der Waals surface area (Å²) in [7, 11) is 1.90.